The van der Waals surface area contributed by atoms with Crippen molar-refractivity contribution in [2.45, 2.75) is 37.7 Å². The molecule has 1 amide bonds. The fourth-order valence-corrected chi connectivity index (χ4v) is 5.46. The van der Waals surface area contributed by atoms with Crippen LogP contribution < -0.4 is 5.32 Å². The summed E-state index contributed by atoms with van der Waals surface area (Å²) >= 11 is 0. The number of hydrogen-bond acceptors (Lipinski definition) is 3. The molecule has 2 N–H and O–H groups in total. The van der Waals surface area contributed by atoms with Crippen LogP contribution in [-0.4, -0.2) is 17.2 Å². The van der Waals surface area contributed by atoms with E-state index in [9.17, 15) is 14.7 Å². The van der Waals surface area contributed by atoms with E-state index >= 15 is 0 Å². The van der Waals surface area contributed by atoms with Crippen molar-refractivity contribution >= 4 is 17.6 Å². The van der Waals surface area contributed by atoms with Crippen LogP contribution in [0.3, 0.4) is 0 Å². The first-order valence-electron chi connectivity index (χ1n) is 13.2. The van der Waals surface area contributed by atoms with Crippen molar-refractivity contribution in [1.29, 1.82) is 0 Å². The third-order valence-corrected chi connectivity index (χ3v) is 7.87. The molecule has 0 aliphatic heterocycles. The van der Waals surface area contributed by atoms with E-state index in [-0.39, 0.29) is 6.10 Å². The first-order chi connectivity index (χ1) is 18.9. The molecule has 2 aliphatic rings. The van der Waals surface area contributed by atoms with Crippen LogP contribution in [0.5, 0.6) is 0 Å². The molecular formula is C34H29NO4. The van der Waals surface area contributed by atoms with Crippen molar-refractivity contribution in [1.82, 2.24) is 5.32 Å². The molecule has 0 aromatic heterocycles. The highest BCUT2D eigenvalue weighted by atomic mass is 16.6. The normalized spacial score (nSPS) is 15.8. The van der Waals surface area contributed by atoms with Gasteiger partial charge < -0.3 is 9.84 Å². The molecule has 2 aliphatic carbocycles. The van der Waals surface area contributed by atoms with Gasteiger partial charge in [-0.25, -0.2) is 4.79 Å². The number of amides is 1. The quantitative estimate of drug-likeness (QED) is 0.271. The van der Waals surface area contributed by atoms with Gasteiger partial charge in [-0.2, -0.15) is 0 Å². The number of carbonyl (C=O) groups excluding carboxylic acids is 1. The number of aliphatic carboxylic acids is 1. The fraction of sp³-hybridized carbons (Fsp3) is 0.176. The Balaban J connectivity index is 1.25. The number of benzene rings is 4. The van der Waals surface area contributed by atoms with Crippen LogP contribution in [0.2, 0.25) is 0 Å². The zero-order chi connectivity index (χ0) is 27.0. The van der Waals surface area contributed by atoms with Crippen LogP contribution in [0.1, 0.15) is 53.7 Å². The summed E-state index contributed by atoms with van der Waals surface area (Å²) < 4.78 is 5.69. The molecule has 0 radical (unpaired) electrons. The monoisotopic (exact) mass is 515 g/mol. The first kappa shape index (κ1) is 24.7. The number of rotatable bonds is 7. The van der Waals surface area contributed by atoms with Gasteiger partial charge >= 0.3 is 12.1 Å². The number of allylic oxidation sites excluding steroid dienone is 1. The van der Waals surface area contributed by atoms with E-state index < -0.39 is 17.5 Å². The van der Waals surface area contributed by atoms with E-state index in [1.165, 1.54) is 0 Å². The zero-order valence-corrected chi connectivity index (χ0v) is 21.7. The third-order valence-electron chi connectivity index (χ3n) is 7.87. The van der Waals surface area contributed by atoms with Gasteiger partial charge in [0, 0.05) is 17.7 Å². The number of carboxylic acids is 1. The molecule has 0 heterocycles. The van der Waals surface area contributed by atoms with E-state index in [1.54, 1.807) is 0 Å². The minimum absolute atomic E-state index is 0.366. The summed E-state index contributed by atoms with van der Waals surface area (Å²) in [6, 6.07) is 34.0. The maximum absolute atomic E-state index is 12.9. The first-order valence-corrected chi connectivity index (χ1v) is 13.2. The predicted octanol–water partition coefficient (Wildman–Crippen LogP) is 7.27. The van der Waals surface area contributed by atoms with Crippen molar-refractivity contribution in [2.75, 3.05) is 0 Å². The second kappa shape index (κ2) is 9.91. The average molecular weight is 516 g/mol. The lowest BCUT2D eigenvalue weighted by atomic mass is 9.93. The van der Waals surface area contributed by atoms with Gasteiger partial charge in [0.2, 0.25) is 0 Å². The molecule has 6 rings (SSSR count). The van der Waals surface area contributed by atoms with Crippen LogP contribution in [0.4, 0.5) is 4.79 Å². The van der Waals surface area contributed by atoms with Gasteiger partial charge in [-0.1, -0.05) is 103 Å². The van der Waals surface area contributed by atoms with Crippen molar-refractivity contribution in [3.8, 4) is 11.1 Å². The van der Waals surface area contributed by atoms with Gasteiger partial charge in [0.15, 0.2) is 0 Å². The van der Waals surface area contributed by atoms with Gasteiger partial charge in [-0.05, 0) is 58.7 Å². The van der Waals surface area contributed by atoms with Gasteiger partial charge in [-0.15, -0.1) is 0 Å². The summed E-state index contributed by atoms with van der Waals surface area (Å²) in [6.45, 7) is 1.87. The molecule has 5 nitrogen and oxygen atoms in total. The SMILES string of the molecule is C[C@@H](OC(=O)NC1=C(c2ccc(-c3ccc(C4(C(=O)O)CC4)cc3)cc2)c2ccccc2C1)c1ccccc1. The number of fused-ring (bicyclic) bond motifs is 1. The molecule has 5 heteroatoms. The van der Waals surface area contributed by atoms with Crippen LogP contribution in [-0.2, 0) is 21.4 Å². The molecule has 1 atom stereocenters. The highest BCUT2D eigenvalue weighted by Crippen LogP contribution is 2.48. The molecule has 194 valence electrons. The molecule has 0 spiro atoms. The molecule has 0 bridgehead atoms. The smallest absolute Gasteiger partial charge is 0.411 e. The Morgan fingerprint density at radius 3 is 2.03 bits per heavy atom. The van der Waals surface area contributed by atoms with E-state index in [4.69, 9.17) is 4.74 Å². The molecule has 0 saturated heterocycles. The second-order valence-corrected chi connectivity index (χ2v) is 10.3. The summed E-state index contributed by atoms with van der Waals surface area (Å²) in [7, 11) is 0. The maximum atomic E-state index is 12.9. The molecule has 1 saturated carbocycles. The minimum atomic E-state index is -0.743. The van der Waals surface area contributed by atoms with Gasteiger partial charge in [-0.3, -0.25) is 10.1 Å². The van der Waals surface area contributed by atoms with Crippen molar-refractivity contribution in [3.05, 3.63) is 137 Å². The lowest BCUT2D eigenvalue weighted by molar-refractivity contribution is -0.140. The highest BCUT2D eigenvalue weighted by molar-refractivity contribution is 5.90. The summed E-state index contributed by atoms with van der Waals surface area (Å²) in [5.41, 5.74) is 8.27. The summed E-state index contributed by atoms with van der Waals surface area (Å²) in [5.74, 6) is -0.743. The molecule has 0 unspecified atom stereocenters. The molecule has 1 fully saturated rings. The molecular weight excluding hydrogens is 486 g/mol. The van der Waals surface area contributed by atoms with E-state index in [2.05, 4.69) is 41.7 Å². The fourth-order valence-electron chi connectivity index (χ4n) is 5.46. The highest BCUT2D eigenvalue weighted by Gasteiger charge is 2.51. The van der Waals surface area contributed by atoms with Crippen LogP contribution >= 0.6 is 0 Å². The number of nitrogens with one attached hydrogen (secondary N) is 1. The lowest BCUT2D eigenvalue weighted by Gasteiger charge is -2.16. The average Bonchev–Trinajstić information content (AvgIpc) is 3.70. The van der Waals surface area contributed by atoms with Gasteiger partial charge in [0.25, 0.3) is 0 Å². The second-order valence-electron chi connectivity index (χ2n) is 10.3. The number of carbonyl (C=O) groups is 2. The summed E-state index contributed by atoms with van der Waals surface area (Å²) in [6.07, 6.45) is 1.17. The number of carboxylic acid groups (broad SMARTS) is 1. The Hall–Kier alpha value is -4.64. The van der Waals surface area contributed by atoms with E-state index in [1.807, 2.05) is 73.7 Å². The van der Waals surface area contributed by atoms with Gasteiger partial charge in [0.1, 0.15) is 6.10 Å². The number of ether oxygens (including phenoxy) is 1. The number of hydrogen-bond donors (Lipinski definition) is 2. The largest absolute Gasteiger partial charge is 0.481 e. The molecule has 4 aromatic rings. The standard InChI is InChI=1S/C34H29NO4/c1-22(23-7-3-2-4-8-23)39-33(38)35-30-21-27-9-5-6-10-29(27)31(30)26-13-11-24(12-14-26)25-15-17-28(18-16-25)34(19-20-34)32(36)37/h2-18,22H,19-21H2,1H3,(H,35,38)(H,36,37)/t22-/m1/s1. The third kappa shape index (κ3) is 4.72. The number of alkyl carbamates (subject to hydrolysis) is 1. The van der Waals surface area contributed by atoms with Crippen molar-refractivity contribution in [3.63, 3.8) is 0 Å². The Bertz CT molecular complexity index is 1570. The van der Waals surface area contributed by atoms with Crippen molar-refractivity contribution < 1.29 is 19.4 Å². The molecule has 4 aromatic carbocycles. The Morgan fingerprint density at radius 2 is 1.38 bits per heavy atom. The maximum Gasteiger partial charge on any atom is 0.411 e. The van der Waals surface area contributed by atoms with E-state index in [0.717, 1.165) is 50.2 Å². The van der Waals surface area contributed by atoms with Crippen LogP contribution in [0.15, 0.2) is 109 Å². The Morgan fingerprint density at radius 1 is 0.795 bits per heavy atom. The Labute approximate surface area is 227 Å². The topological polar surface area (TPSA) is 75.6 Å². The minimum Gasteiger partial charge on any atom is -0.481 e. The van der Waals surface area contributed by atoms with Gasteiger partial charge in [0.05, 0.1) is 5.41 Å². The van der Waals surface area contributed by atoms with Crippen LogP contribution in [0.25, 0.3) is 16.7 Å². The lowest BCUT2D eigenvalue weighted by Crippen LogP contribution is -2.25. The Kier molecular flexibility index (Phi) is 6.27. The predicted molar refractivity (Wildman–Crippen MR) is 151 cm³/mol. The van der Waals surface area contributed by atoms with E-state index in [0.29, 0.717) is 19.3 Å². The summed E-state index contributed by atoms with van der Waals surface area (Å²) in [5, 5.41) is 12.6. The molecule has 39 heavy (non-hydrogen) atoms. The van der Waals surface area contributed by atoms with Crippen molar-refractivity contribution in [2.24, 2.45) is 0 Å². The summed E-state index contributed by atoms with van der Waals surface area (Å²) in [4.78, 5) is 24.6. The van der Waals surface area contributed by atoms with Crippen LogP contribution in [0, 0.1) is 0 Å². The zero-order valence-electron chi connectivity index (χ0n) is 21.7.